The normalized spacial score (nSPS) is 12.2. The maximum Gasteiger partial charge on any atom is 0.216 e. The molecule has 3 aromatic rings. The Balaban J connectivity index is 1.88. The van der Waals surface area contributed by atoms with E-state index in [1.807, 2.05) is 30.3 Å². The molecule has 0 fully saturated rings. The molecule has 0 saturated heterocycles. The quantitative estimate of drug-likeness (QED) is 0.716. The average molecular weight is 339 g/mol. The van der Waals surface area contributed by atoms with E-state index in [4.69, 9.17) is 0 Å². The first kappa shape index (κ1) is 16.7. The molecular weight excluding hydrogens is 318 g/mol. The third-order valence-corrected chi connectivity index (χ3v) is 5.40. The summed E-state index contributed by atoms with van der Waals surface area (Å²) in [4.78, 5) is 12.1. The fourth-order valence-electron chi connectivity index (χ4n) is 2.89. The van der Waals surface area contributed by atoms with Crippen molar-refractivity contribution < 1.29 is 9.90 Å². The van der Waals surface area contributed by atoms with Crippen LogP contribution in [0.4, 0.5) is 0 Å². The fraction of sp³-hybridized carbons (Fsp3) is 0.250. The molecule has 3 nitrogen and oxygen atoms in total. The van der Waals surface area contributed by atoms with Crippen molar-refractivity contribution in [3.8, 4) is 0 Å². The number of aryl methyl sites for hydroxylation is 2. The molecule has 0 radical (unpaired) electrons. The predicted octanol–water partition coefficient (Wildman–Crippen LogP) is 3.86. The summed E-state index contributed by atoms with van der Waals surface area (Å²) in [5.74, 6) is -0.124. The van der Waals surface area contributed by atoms with Crippen molar-refractivity contribution in [3.63, 3.8) is 0 Å². The van der Waals surface area contributed by atoms with Crippen LogP contribution >= 0.6 is 11.3 Å². The molecule has 0 saturated carbocycles. The van der Waals surface area contributed by atoms with Gasteiger partial charge >= 0.3 is 0 Å². The first-order valence-electron chi connectivity index (χ1n) is 8.12. The third-order valence-electron chi connectivity index (χ3n) is 4.08. The monoisotopic (exact) mass is 339 g/mol. The summed E-state index contributed by atoms with van der Waals surface area (Å²) < 4.78 is 1.18. The molecule has 0 aliphatic rings. The maximum atomic E-state index is 11.1. The average Bonchev–Trinajstić information content (AvgIpc) is 2.97. The number of hydrogen-bond acceptors (Lipinski definition) is 3. The van der Waals surface area contributed by atoms with Crippen molar-refractivity contribution in [2.75, 3.05) is 6.54 Å². The van der Waals surface area contributed by atoms with Crippen LogP contribution in [0.15, 0.2) is 54.6 Å². The molecular formula is C20H21NO2S. The maximum absolute atomic E-state index is 11.1. The van der Waals surface area contributed by atoms with Gasteiger partial charge in [-0.15, -0.1) is 11.3 Å². The number of nitrogens with one attached hydrogen (secondary N) is 1. The summed E-state index contributed by atoms with van der Waals surface area (Å²) in [6.45, 7) is 1.72. The van der Waals surface area contributed by atoms with Crippen LogP contribution in [0.25, 0.3) is 10.1 Å². The second-order valence-electron chi connectivity index (χ2n) is 5.88. The largest absolute Gasteiger partial charge is 0.386 e. The zero-order chi connectivity index (χ0) is 16.9. The van der Waals surface area contributed by atoms with E-state index >= 15 is 0 Å². The van der Waals surface area contributed by atoms with Gasteiger partial charge in [-0.2, -0.15) is 0 Å². The Kier molecular flexibility index (Phi) is 5.28. The number of aliphatic hydroxyl groups is 1. The molecule has 3 rings (SSSR count). The van der Waals surface area contributed by atoms with Crippen molar-refractivity contribution in [2.24, 2.45) is 0 Å². The Morgan fingerprint density at radius 2 is 1.79 bits per heavy atom. The highest BCUT2D eigenvalue weighted by atomic mass is 32.1. The molecule has 2 N–H and O–H groups in total. The Morgan fingerprint density at radius 3 is 2.54 bits per heavy atom. The lowest BCUT2D eigenvalue weighted by Gasteiger charge is -2.12. The van der Waals surface area contributed by atoms with Crippen molar-refractivity contribution in [2.45, 2.75) is 25.9 Å². The van der Waals surface area contributed by atoms with Crippen LogP contribution in [0.3, 0.4) is 0 Å². The van der Waals surface area contributed by atoms with Crippen LogP contribution in [0.2, 0.25) is 0 Å². The number of carbonyl (C=O) groups is 1. The summed E-state index contributed by atoms with van der Waals surface area (Å²) in [5.41, 5.74) is 2.48. The Hall–Kier alpha value is -2.17. The van der Waals surface area contributed by atoms with E-state index in [1.54, 1.807) is 11.3 Å². The van der Waals surface area contributed by atoms with E-state index < -0.39 is 6.10 Å². The summed E-state index contributed by atoms with van der Waals surface area (Å²) in [7, 11) is 0. The van der Waals surface area contributed by atoms with Crippen LogP contribution in [0, 0.1) is 0 Å². The van der Waals surface area contributed by atoms with E-state index in [9.17, 15) is 9.90 Å². The van der Waals surface area contributed by atoms with E-state index in [0.717, 1.165) is 17.7 Å². The van der Waals surface area contributed by atoms with Crippen LogP contribution < -0.4 is 5.32 Å². The molecule has 0 bridgehead atoms. The SMILES string of the molecule is CC(=O)NC[C@H](O)c1sc2ccccc2c1CCc1ccccc1. The van der Waals surface area contributed by atoms with Crippen LogP contribution in [0.5, 0.6) is 0 Å². The summed E-state index contributed by atoms with van der Waals surface area (Å²) in [6, 6.07) is 18.6. The molecule has 4 heteroatoms. The van der Waals surface area contributed by atoms with Gasteiger partial charge in [-0.05, 0) is 35.4 Å². The fourth-order valence-corrected chi connectivity index (χ4v) is 4.13. The number of carbonyl (C=O) groups excluding carboxylic acids is 1. The lowest BCUT2D eigenvalue weighted by atomic mass is 10.00. The summed E-state index contributed by atoms with van der Waals surface area (Å²) in [6.07, 6.45) is 1.14. The van der Waals surface area contributed by atoms with Crippen LogP contribution in [-0.4, -0.2) is 17.6 Å². The Morgan fingerprint density at radius 1 is 1.08 bits per heavy atom. The van der Waals surface area contributed by atoms with Gasteiger partial charge in [0, 0.05) is 23.0 Å². The van der Waals surface area contributed by atoms with Gasteiger partial charge in [-0.25, -0.2) is 0 Å². The number of hydrogen-bond donors (Lipinski definition) is 2. The zero-order valence-corrected chi connectivity index (χ0v) is 14.5. The number of fused-ring (bicyclic) bond motifs is 1. The molecule has 0 aliphatic heterocycles. The molecule has 1 heterocycles. The molecule has 1 atom stereocenters. The number of aliphatic hydroxyl groups excluding tert-OH is 1. The Bertz CT molecular complexity index is 826. The highest BCUT2D eigenvalue weighted by Gasteiger charge is 2.18. The molecule has 0 spiro atoms. The van der Waals surface area contributed by atoms with Crippen molar-refractivity contribution >= 4 is 27.3 Å². The molecule has 124 valence electrons. The molecule has 1 amide bonds. The summed E-state index contributed by atoms with van der Waals surface area (Å²) in [5, 5.41) is 14.5. The third kappa shape index (κ3) is 3.83. The minimum absolute atomic E-state index is 0.124. The Labute approximate surface area is 146 Å². The highest BCUT2D eigenvalue weighted by molar-refractivity contribution is 7.19. The minimum atomic E-state index is -0.669. The van der Waals surface area contributed by atoms with Gasteiger partial charge in [0.2, 0.25) is 5.91 Å². The van der Waals surface area contributed by atoms with Gasteiger partial charge in [0.1, 0.15) is 6.10 Å². The lowest BCUT2D eigenvalue weighted by molar-refractivity contribution is -0.119. The standard InChI is InChI=1S/C20H21NO2S/c1-14(22)21-13-18(23)20-17(12-11-15-7-3-2-4-8-15)16-9-5-6-10-19(16)24-20/h2-10,18,23H,11-13H2,1H3,(H,21,22)/t18-/m0/s1. The van der Waals surface area contributed by atoms with Gasteiger partial charge in [0.05, 0.1) is 0 Å². The van der Waals surface area contributed by atoms with Gasteiger partial charge < -0.3 is 10.4 Å². The molecule has 24 heavy (non-hydrogen) atoms. The van der Waals surface area contributed by atoms with E-state index in [0.29, 0.717) is 0 Å². The number of amides is 1. The van der Waals surface area contributed by atoms with E-state index in [2.05, 4.69) is 29.6 Å². The first-order valence-corrected chi connectivity index (χ1v) is 8.93. The van der Waals surface area contributed by atoms with Crippen LogP contribution in [-0.2, 0) is 17.6 Å². The number of benzene rings is 2. The van der Waals surface area contributed by atoms with Gasteiger partial charge in [-0.3, -0.25) is 4.79 Å². The molecule has 0 unspecified atom stereocenters. The molecule has 2 aromatic carbocycles. The van der Waals surface area contributed by atoms with Gasteiger partial charge in [-0.1, -0.05) is 48.5 Å². The predicted molar refractivity (Wildman–Crippen MR) is 99.3 cm³/mol. The van der Waals surface area contributed by atoms with E-state index in [1.165, 1.54) is 28.1 Å². The zero-order valence-electron chi connectivity index (χ0n) is 13.7. The summed E-state index contributed by atoms with van der Waals surface area (Å²) >= 11 is 1.62. The minimum Gasteiger partial charge on any atom is -0.386 e. The van der Waals surface area contributed by atoms with Crippen molar-refractivity contribution in [1.82, 2.24) is 5.32 Å². The van der Waals surface area contributed by atoms with E-state index in [-0.39, 0.29) is 12.5 Å². The second kappa shape index (κ2) is 7.60. The van der Waals surface area contributed by atoms with Gasteiger partial charge in [0.25, 0.3) is 0 Å². The second-order valence-corrected chi connectivity index (χ2v) is 6.96. The van der Waals surface area contributed by atoms with Crippen molar-refractivity contribution in [3.05, 3.63) is 70.6 Å². The lowest BCUT2D eigenvalue weighted by Crippen LogP contribution is -2.25. The smallest absolute Gasteiger partial charge is 0.216 e. The number of rotatable bonds is 6. The highest BCUT2D eigenvalue weighted by Crippen LogP contribution is 2.36. The van der Waals surface area contributed by atoms with Crippen molar-refractivity contribution in [1.29, 1.82) is 0 Å². The topological polar surface area (TPSA) is 49.3 Å². The van der Waals surface area contributed by atoms with Gasteiger partial charge in [0.15, 0.2) is 0 Å². The molecule has 0 aliphatic carbocycles. The van der Waals surface area contributed by atoms with Crippen LogP contribution in [0.1, 0.15) is 29.0 Å². The molecule has 1 aromatic heterocycles. The first-order chi connectivity index (χ1) is 11.6. The number of thiophene rings is 1.